The van der Waals surface area contributed by atoms with E-state index in [2.05, 4.69) is 0 Å². The molecule has 0 aliphatic rings. The maximum atomic E-state index is 10.9. The quantitative estimate of drug-likeness (QED) is 0.850. The van der Waals surface area contributed by atoms with Gasteiger partial charge in [0.1, 0.15) is 0 Å². The molecule has 0 saturated heterocycles. The summed E-state index contributed by atoms with van der Waals surface area (Å²) in [6, 6.07) is 7.02. The number of fused-ring (bicyclic) bond motifs is 1. The number of nitrogens with zero attached hydrogens (tertiary/aromatic N) is 1. The summed E-state index contributed by atoms with van der Waals surface area (Å²) in [6.45, 7) is 2.43. The molecule has 1 heterocycles. The number of carboxylic acids is 1. The van der Waals surface area contributed by atoms with Crippen LogP contribution in [0.5, 0.6) is 0 Å². The highest BCUT2D eigenvalue weighted by atomic mass is 16.4. The van der Waals surface area contributed by atoms with Crippen LogP contribution < -0.4 is 0 Å². The molecule has 4 heteroatoms. The normalized spacial score (nSPS) is 12.8. The third-order valence-corrected chi connectivity index (χ3v) is 2.81. The van der Waals surface area contributed by atoms with Crippen molar-refractivity contribution in [3.63, 3.8) is 0 Å². The first-order valence-corrected chi connectivity index (χ1v) is 5.58. The number of aromatic carboxylic acids is 1. The van der Waals surface area contributed by atoms with Gasteiger partial charge in [-0.2, -0.15) is 0 Å². The van der Waals surface area contributed by atoms with Crippen molar-refractivity contribution in [3.05, 3.63) is 36.0 Å². The first-order valence-electron chi connectivity index (χ1n) is 5.58. The van der Waals surface area contributed by atoms with Crippen molar-refractivity contribution in [3.8, 4) is 0 Å². The Kier molecular flexibility index (Phi) is 3.15. The van der Waals surface area contributed by atoms with Gasteiger partial charge in [-0.3, -0.25) is 0 Å². The lowest BCUT2D eigenvalue weighted by molar-refractivity contribution is 0.0697. The van der Waals surface area contributed by atoms with Gasteiger partial charge >= 0.3 is 5.97 Å². The Morgan fingerprint density at radius 2 is 2.18 bits per heavy atom. The molecule has 1 unspecified atom stereocenters. The fourth-order valence-electron chi connectivity index (χ4n) is 1.84. The zero-order chi connectivity index (χ0) is 12.4. The van der Waals surface area contributed by atoms with E-state index in [9.17, 15) is 9.90 Å². The maximum absolute atomic E-state index is 10.9. The number of hydrogen-bond acceptors (Lipinski definition) is 2. The largest absolute Gasteiger partial charge is 0.478 e. The van der Waals surface area contributed by atoms with Crippen LogP contribution in [0.2, 0.25) is 0 Å². The molecule has 0 aliphatic carbocycles. The van der Waals surface area contributed by atoms with Gasteiger partial charge in [-0.15, -0.1) is 0 Å². The number of rotatable bonds is 4. The van der Waals surface area contributed by atoms with Crippen LogP contribution in [0.4, 0.5) is 0 Å². The van der Waals surface area contributed by atoms with Crippen molar-refractivity contribution < 1.29 is 15.0 Å². The molecule has 0 saturated carbocycles. The van der Waals surface area contributed by atoms with E-state index in [1.54, 1.807) is 25.1 Å². The Bertz CT molecular complexity index is 543. The van der Waals surface area contributed by atoms with Gasteiger partial charge in [-0.1, -0.05) is 6.07 Å². The fourth-order valence-corrected chi connectivity index (χ4v) is 1.84. The van der Waals surface area contributed by atoms with Gasteiger partial charge in [0.2, 0.25) is 0 Å². The highest BCUT2D eigenvalue weighted by molar-refractivity contribution is 5.93. The summed E-state index contributed by atoms with van der Waals surface area (Å²) in [7, 11) is 0. The average molecular weight is 233 g/mol. The minimum Gasteiger partial charge on any atom is -0.478 e. The number of benzene rings is 1. The molecule has 90 valence electrons. The second-order valence-electron chi connectivity index (χ2n) is 4.23. The molecule has 1 atom stereocenters. The van der Waals surface area contributed by atoms with E-state index in [4.69, 9.17) is 5.11 Å². The number of carbonyl (C=O) groups is 1. The molecule has 0 aliphatic heterocycles. The number of aliphatic hydroxyl groups excluding tert-OH is 1. The summed E-state index contributed by atoms with van der Waals surface area (Å²) in [5, 5.41) is 19.2. The number of carboxylic acid groups (broad SMARTS) is 1. The Balaban J connectivity index is 2.36. The van der Waals surface area contributed by atoms with E-state index in [-0.39, 0.29) is 11.7 Å². The summed E-state index contributed by atoms with van der Waals surface area (Å²) in [5.74, 6) is -0.921. The van der Waals surface area contributed by atoms with Crippen LogP contribution in [0.25, 0.3) is 10.9 Å². The van der Waals surface area contributed by atoms with Crippen molar-refractivity contribution in [2.75, 3.05) is 0 Å². The van der Waals surface area contributed by atoms with Crippen LogP contribution in [-0.4, -0.2) is 26.9 Å². The number of aromatic nitrogens is 1. The predicted molar refractivity (Wildman–Crippen MR) is 65.2 cm³/mol. The highest BCUT2D eigenvalue weighted by Gasteiger charge is 2.07. The van der Waals surface area contributed by atoms with E-state index >= 15 is 0 Å². The molecule has 0 fully saturated rings. The van der Waals surface area contributed by atoms with Gasteiger partial charge in [-0.05, 0) is 36.9 Å². The lowest BCUT2D eigenvalue weighted by atomic mass is 10.1. The van der Waals surface area contributed by atoms with E-state index in [0.717, 1.165) is 10.9 Å². The molecule has 2 aromatic rings. The Morgan fingerprint density at radius 1 is 1.41 bits per heavy atom. The molecule has 1 aromatic heterocycles. The van der Waals surface area contributed by atoms with E-state index in [0.29, 0.717) is 13.0 Å². The van der Waals surface area contributed by atoms with Gasteiger partial charge in [0.05, 0.1) is 11.7 Å². The zero-order valence-electron chi connectivity index (χ0n) is 9.63. The van der Waals surface area contributed by atoms with Crippen molar-refractivity contribution in [1.29, 1.82) is 0 Å². The Labute approximate surface area is 99.1 Å². The molecular formula is C13H15NO3. The molecule has 0 spiro atoms. The van der Waals surface area contributed by atoms with Gasteiger partial charge in [0.15, 0.2) is 0 Å². The number of aliphatic hydroxyl groups is 1. The van der Waals surface area contributed by atoms with E-state index < -0.39 is 5.97 Å². The minimum absolute atomic E-state index is 0.287. The molecule has 4 nitrogen and oxygen atoms in total. The minimum atomic E-state index is -0.921. The summed E-state index contributed by atoms with van der Waals surface area (Å²) in [6.07, 6.45) is 2.22. The molecule has 0 amide bonds. The lowest BCUT2D eigenvalue weighted by Gasteiger charge is -2.07. The smallest absolute Gasteiger partial charge is 0.335 e. The van der Waals surface area contributed by atoms with Gasteiger partial charge < -0.3 is 14.8 Å². The molecular weight excluding hydrogens is 218 g/mol. The zero-order valence-corrected chi connectivity index (χ0v) is 9.63. The predicted octanol–water partition coefficient (Wildman–Crippen LogP) is 2.11. The molecule has 1 aromatic carbocycles. The van der Waals surface area contributed by atoms with E-state index in [1.165, 1.54) is 0 Å². The third kappa shape index (κ3) is 2.47. The third-order valence-electron chi connectivity index (χ3n) is 2.81. The van der Waals surface area contributed by atoms with Crippen LogP contribution in [0.3, 0.4) is 0 Å². The standard InChI is InChI=1S/C13H15NO3/c1-9(15)4-6-14-7-5-10-2-3-11(13(16)17)8-12(10)14/h2-3,5,7-9,15H,4,6H2,1H3,(H,16,17). The van der Waals surface area contributed by atoms with Crippen molar-refractivity contribution >= 4 is 16.9 Å². The monoisotopic (exact) mass is 233 g/mol. The van der Waals surface area contributed by atoms with Crippen LogP contribution >= 0.6 is 0 Å². The van der Waals surface area contributed by atoms with Crippen LogP contribution in [-0.2, 0) is 6.54 Å². The van der Waals surface area contributed by atoms with Crippen molar-refractivity contribution in [1.82, 2.24) is 4.57 Å². The first-order chi connectivity index (χ1) is 8.08. The molecule has 0 bridgehead atoms. The van der Waals surface area contributed by atoms with Gasteiger partial charge in [-0.25, -0.2) is 4.79 Å². The first kappa shape index (κ1) is 11.7. The summed E-state index contributed by atoms with van der Waals surface area (Å²) < 4.78 is 1.97. The Hall–Kier alpha value is -1.81. The second-order valence-corrected chi connectivity index (χ2v) is 4.23. The molecule has 0 radical (unpaired) electrons. The van der Waals surface area contributed by atoms with Crippen molar-refractivity contribution in [2.45, 2.75) is 26.0 Å². The SMILES string of the molecule is CC(O)CCn1ccc2ccc(C(=O)O)cc21. The molecule has 2 N–H and O–H groups in total. The number of aryl methyl sites for hydroxylation is 1. The topological polar surface area (TPSA) is 62.5 Å². The van der Waals surface area contributed by atoms with Gasteiger partial charge in [0, 0.05) is 18.3 Å². The highest BCUT2D eigenvalue weighted by Crippen LogP contribution is 2.18. The molecule has 17 heavy (non-hydrogen) atoms. The number of hydrogen-bond donors (Lipinski definition) is 2. The Morgan fingerprint density at radius 3 is 2.82 bits per heavy atom. The van der Waals surface area contributed by atoms with Crippen molar-refractivity contribution in [2.24, 2.45) is 0 Å². The average Bonchev–Trinajstić information content (AvgIpc) is 2.68. The van der Waals surface area contributed by atoms with Crippen LogP contribution in [0, 0.1) is 0 Å². The molecule has 2 rings (SSSR count). The van der Waals surface area contributed by atoms with Crippen LogP contribution in [0.1, 0.15) is 23.7 Å². The lowest BCUT2D eigenvalue weighted by Crippen LogP contribution is -2.06. The van der Waals surface area contributed by atoms with E-state index in [1.807, 2.05) is 16.8 Å². The van der Waals surface area contributed by atoms with Crippen LogP contribution in [0.15, 0.2) is 30.5 Å². The fraction of sp³-hybridized carbons (Fsp3) is 0.308. The maximum Gasteiger partial charge on any atom is 0.335 e. The van der Waals surface area contributed by atoms with Gasteiger partial charge in [0.25, 0.3) is 0 Å². The summed E-state index contributed by atoms with van der Waals surface area (Å²) >= 11 is 0. The summed E-state index contributed by atoms with van der Waals surface area (Å²) in [4.78, 5) is 10.9. The second kappa shape index (κ2) is 4.59. The summed E-state index contributed by atoms with van der Waals surface area (Å²) in [5.41, 5.74) is 1.18.